The maximum Gasteiger partial charge on any atom is 0.233 e. The Hall–Kier alpha value is -2.35. The number of hydrogen-bond acceptors (Lipinski definition) is 4. The minimum atomic E-state index is -0.296. The second-order valence-corrected chi connectivity index (χ2v) is 7.43. The molecule has 1 atom stereocenters. The summed E-state index contributed by atoms with van der Waals surface area (Å²) in [4.78, 5) is 26.8. The van der Waals surface area contributed by atoms with Gasteiger partial charge in [0.25, 0.3) is 0 Å². The summed E-state index contributed by atoms with van der Waals surface area (Å²) in [5.41, 5.74) is 1.39. The van der Waals surface area contributed by atoms with Crippen molar-refractivity contribution in [1.29, 1.82) is 0 Å². The standard InChI is InChI=1S/C18H20FN5OS/c1-23-9-7-20-18(23)26-11-16(25)24-8-3-2-4-15(24)17-21-13-6-5-12(19)10-14(13)22-17/h5-7,9-10,15H,2-4,8,11H2,1H3,(H,21,22)/t15-/m0/s1. The first-order valence-corrected chi connectivity index (χ1v) is 9.65. The molecular formula is C18H20FN5OS. The molecule has 136 valence electrons. The molecule has 26 heavy (non-hydrogen) atoms. The van der Waals surface area contributed by atoms with Gasteiger partial charge in [0.1, 0.15) is 11.6 Å². The Bertz CT molecular complexity index is 937. The zero-order valence-corrected chi connectivity index (χ0v) is 15.3. The minimum absolute atomic E-state index is 0.0781. The van der Waals surface area contributed by atoms with Crippen LogP contribution in [0.3, 0.4) is 0 Å². The van der Waals surface area contributed by atoms with E-state index in [4.69, 9.17) is 0 Å². The van der Waals surface area contributed by atoms with Gasteiger partial charge in [0, 0.05) is 26.0 Å². The van der Waals surface area contributed by atoms with Gasteiger partial charge in [0.15, 0.2) is 5.16 Å². The molecule has 1 aromatic carbocycles. The summed E-state index contributed by atoms with van der Waals surface area (Å²) in [6.07, 6.45) is 6.49. The van der Waals surface area contributed by atoms with Gasteiger partial charge in [-0.15, -0.1) is 0 Å². The molecule has 8 heteroatoms. The largest absolute Gasteiger partial charge is 0.340 e. The zero-order valence-electron chi connectivity index (χ0n) is 14.5. The number of fused-ring (bicyclic) bond motifs is 1. The van der Waals surface area contributed by atoms with Crippen molar-refractivity contribution in [3.63, 3.8) is 0 Å². The lowest BCUT2D eigenvalue weighted by molar-refractivity contribution is -0.132. The highest BCUT2D eigenvalue weighted by molar-refractivity contribution is 7.99. The van der Waals surface area contributed by atoms with E-state index in [1.807, 2.05) is 22.7 Å². The van der Waals surface area contributed by atoms with Gasteiger partial charge in [-0.25, -0.2) is 14.4 Å². The molecule has 1 aliphatic rings. The average Bonchev–Trinajstić information content (AvgIpc) is 3.25. The Labute approximate surface area is 154 Å². The summed E-state index contributed by atoms with van der Waals surface area (Å²) in [6.45, 7) is 0.718. The number of piperidine rings is 1. The number of rotatable bonds is 4. The number of hydrogen-bond donors (Lipinski definition) is 1. The third-order valence-electron chi connectivity index (χ3n) is 4.70. The number of nitrogens with one attached hydrogen (secondary N) is 1. The van der Waals surface area contributed by atoms with Crippen molar-refractivity contribution in [2.45, 2.75) is 30.5 Å². The monoisotopic (exact) mass is 373 g/mol. The molecule has 0 radical (unpaired) electrons. The summed E-state index contributed by atoms with van der Waals surface area (Å²) in [6, 6.07) is 4.42. The Balaban J connectivity index is 1.53. The van der Waals surface area contributed by atoms with Gasteiger partial charge in [0.2, 0.25) is 5.91 Å². The normalized spacial score (nSPS) is 17.8. The smallest absolute Gasteiger partial charge is 0.233 e. The number of aromatic nitrogens is 4. The zero-order chi connectivity index (χ0) is 18.1. The van der Waals surface area contributed by atoms with Crippen LogP contribution in [-0.2, 0) is 11.8 Å². The molecule has 0 unspecified atom stereocenters. The van der Waals surface area contributed by atoms with Crippen molar-refractivity contribution < 1.29 is 9.18 Å². The number of H-pyrrole nitrogens is 1. The number of aromatic amines is 1. The molecule has 0 aliphatic carbocycles. The van der Waals surface area contributed by atoms with E-state index in [1.165, 1.54) is 23.9 Å². The molecule has 4 rings (SSSR count). The van der Waals surface area contributed by atoms with Gasteiger partial charge < -0.3 is 14.5 Å². The third kappa shape index (κ3) is 3.33. The van der Waals surface area contributed by atoms with E-state index in [0.717, 1.165) is 42.3 Å². The first kappa shape index (κ1) is 17.1. The fourth-order valence-electron chi connectivity index (χ4n) is 3.37. The van der Waals surface area contributed by atoms with Gasteiger partial charge in [-0.05, 0) is 37.5 Å². The lowest BCUT2D eigenvalue weighted by atomic mass is 10.0. The molecular weight excluding hydrogens is 353 g/mol. The predicted octanol–water partition coefficient (Wildman–Crippen LogP) is 3.28. The number of likely N-dealkylation sites (tertiary alicyclic amines) is 1. The van der Waals surface area contributed by atoms with Crippen LogP contribution in [0.2, 0.25) is 0 Å². The fraction of sp³-hybridized carbons (Fsp3) is 0.389. The highest BCUT2D eigenvalue weighted by Crippen LogP contribution is 2.31. The number of aryl methyl sites for hydroxylation is 1. The van der Waals surface area contributed by atoms with Crippen LogP contribution in [0.25, 0.3) is 11.0 Å². The molecule has 1 N–H and O–H groups in total. The predicted molar refractivity (Wildman–Crippen MR) is 98.3 cm³/mol. The second-order valence-electron chi connectivity index (χ2n) is 6.49. The lowest BCUT2D eigenvalue weighted by Crippen LogP contribution is -2.40. The van der Waals surface area contributed by atoms with E-state index in [2.05, 4.69) is 15.0 Å². The van der Waals surface area contributed by atoms with Crippen LogP contribution in [0.5, 0.6) is 0 Å². The summed E-state index contributed by atoms with van der Waals surface area (Å²) in [5, 5.41) is 0.825. The van der Waals surface area contributed by atoms with Gasteiger partial charge >= 0.3 is 0 Å². The van der Waals surface area contributed by atoms with E-state index in [0.29, 0.717) is 11.3 Å². The Morgan fingerprint density at radius 3 is 3.12 bits per heavy atom. The van der Waals surface area contributed by atoms with Gasteiger partial charge in [-0.3, -0.25) is 4.79 Å². The SMILES string of the molecule is Cn1ccnc1SCC(=O)N1CCCC[C@H]1c1nc2ccc(F)cc2[nH]1. The van der Waals surface area contributed by atoms with E-state index >= 15 is 0 Å². The number of nitrogens with zero attached hydrogens (tertiary/aromatic N) is 4. The number of thioether (sulfide) groups is 1. The van der Waals surface area contributed by atoms with Crippen LogP contribution >= 0.6 is 11.8 Å². The number of imidazole rings is 2. The summed E-state index contributed by atoms with van der Waals surface area (Å²) in [5.74, 6) is 0.863. The third-order valence-corrected chi connectivity index (χ3v) is 5.75. The summed E-state index contributed by atoms with van der Waals surface area (Å²) in [7, 11) is 1.91. The van der Waals surface area contributed by atoms with Crippen LogP contribution in [0.4, 0.5) is 4.39 Å². The van der Waals surface area contributed by atoms with Crippen molar-refractivity contribution >= 4 is 28.7 Å². The average molecular weight is 373 g/mol. The molecule has 2 aromatic heterocycles. The maximum absolute atomic E-state index is 13.4. The Kier molecular flexibility index (Phi) is 4.67. The summed E-state index contributed by atoms with van der Waals surface area (Å²) >= 11 is 1.44. The van der Waals surface area contributed by atoms with Crippen LogP contribution in [-0.4, -0.2) is 42.6 Å². The highest BCUT2D eigenvalue weighted by atomic mass is 32.2. The van der Waals surface area contributed by atoms with Gasteiger partial charge in [-0.2, -0.15) is 0 Å². The first-order chi connectivity index (χ1) is 12.6. The van der Waals surface area contributed by atoms with Gasteiger partial charge in [-0.1, -0.05) is 11.8 Å². The van der Waals surface area contributed by atoms with Crippen LogP contribution < -0.4 is 0 Å². The number of amides is 1. The maximum atomic E-state index is 13.4. The van der Waals surface area contributed by atoms with Crippen molar-refractivity contribution in [2.75, 3.05) is 12.3 Å². The molecule has 1 fully saturated rings. The highest BCUT2D eigenvalue weighted by Gasteiger charge is 2.30. The Morgan fingerprint density at radius 1 is 1.42 bits per heavy atom. The van der Waals surface area contributed by atoms with E-state index in [1.54, 1.807) is 12.3 Å². The second kappa shape index (κ2) is 7.11. The number of benzene rings is 1. The van der Waals surface area contributed by atoms with Crippen molar-refractivity contribution in [1.82, 2.24) is 24.4 Å². The van der Waals surface area contributed by atoms with E-state index in [-0.39, 0.29) is 17.8 Å². The number of carbonyl (C=O) groups excluding carboxylic acids is 1. The van der Waals surface area contributed by atoms with E-state index in [9.17, 15) is 9.18 Å². The van der Waals surface area contributed by atoms with Gasteiger partial charge in [0.05, 0.1) is 22.8 Å². The van der Waals surface area contributed by atoms with Crippen LogP contribution in [0.1, 0.15) is 31.1 Å². The molecule has 0 spiro atoms. The topological polar surface area (TPSA) is 66.8 Å². The molecule has 1 aliphatic heterocycles. The molecule has 1 saturated heterocycles. The van der Waals surface area contributed by atoms with E-state index < -0.39 is 0 Å². The number of carbonyl (C=O) groups is 1. The lowest BCUT2D eigenvalue weighted by Gasteiger charge is -2.34. The molecule has 3 aromatic rings. The molecule has 0 saturated carbocycles. The molecule has 6 nitrogen and oxygen atoms in total. The molecule has 3 heterocycles. The van der Waals surface area contributed by atoms with Crippen LogP contribution in [0, 0.1) is 5.82 Å². The fourth-order valence-corrected chi connectivity index (χ4v) is 4.19. The van der Waals surface area contributed by atoms with Crippen LogP contribution in [0.15, 0.2) is 35.7 Å². The summed E-state index contributed by atoms with van der Waals surface area (Å²) < 4.78 is 15.3. The number of halogens is 1. The quantitative estimate of drug-likeness (QED) is 0.713. The Morgan fingerprint density at radius 2 is 2.31 bits per heavy atom. The molecule has 0 bridgehead atoms. The molecule has 1 amide bonds. The van der Waals surface area contributed by atoms with Crippen molar-refractivity contribution in [3.05, 3.63) is 42.2 Å². The van der Waals surface area contributed by atoms with Crippen molar-refractivity contribution in [2.24, 2.45) is 7.05 Å². The minimum Gasteiger partial charge on any atom is -0.340 e. The first-order valence-electron chi connectivity index (χ1n) is 8.66. The van der Waals surface area contributed by atoms with Crippen molar-refractivity contribution in [3.8, 4) is 0 Å².